The lowest BCUT2D eigenvalue weighted by Gasteiger charge is -2.43. The lowest BCUT2D eigenvalue weighted by atomic mass is 9.62. The summed E-state index contributed by atoms with van der Waals surface area (Å²) in [5.41, 5.74) is 8.37. The molecule has 0 radical (unpaired) electrons. The molecule has 0 saturated carbocycles. The summed E-state index contributed by atoms with van der Waals surface area (Å²) in [7, 11) is 1.79. The second-order valence-electron chi connectivity index (χ2n) is 9.65. The maximum atomic E-state index is 6.55. The van der Waals surface area contributed by atoms with Gasteiger partial charge in [-0.05, 0) is 80.0 Å². The second kappa shape index (κ2) is 8.49. The second-order valence-corrected chi connectivity index (χ2v) is 9.65. The van der Waals surface area contributed by atoms with Gasteiger partial charge in [-0.25, -0.2) is 0 Å². The Morgan fingerprint density at radius 1 is 1.00 bits per heavy atom. The molecule has 2 aliphatic rings. The van der Waals surface area contributed by atoms with Crippen LogP contribution >= 0.6 is 0 Å². The summed E-state index contributed by atoms with van der Waals surface area (Å²) >= 11 is 0. The predicted molar refractivity (Wildman–Crippen MR) is 125 cm³/mol. The van der Waals surface area contributed by atoms with Gasteiger partial charge in [-0.1, -0.05) is 55.8 Å². The molecule has 30 heavy (non-hydrogen) atoms. The topological polar surface area (TPSA) is 18.5 Å². The van der Waals surface area contributed by atoms with Crippen LogP contribution in [0.2, 0.25) is 0 Å². The van der Waals surface area contributed by atoms with E-state index in [1.54, 1.807) is 12.7 Å². The molecule has 0 aliphatic heterocycles. The van der Waals surface area contributed by atoms with Crippen molar-refractivity contribution in [1.82, 2.24) is 0 Å². The van der Waals surface area contributed by atoms with Crippen LogP contribution in [0.5, 0.6) is 11.5 Å². The Kier molecular flexibility index (Phi) is 5.95. The Morgan fingerprint density at radius 2 is 1.73 bits per heavy atom. The van der Waals surface area contributed by atoms with Crippen LogP contribution < -0.4 is 9.47 Å². The fourth-order valence-corrected chi connectivity index (χ4v) is 5.89. The smallest absolute Gasteiger partial charge is 0.165 e. The molecular weight excluding hydrogens is 368 g/mol. The van der Waals surface area contributed by atoms with E-state index in [1.807, 2.05) is 6.07 Å². The molecule has 0 fully saturated rings. The molecule has 160 valence electrons. The molecule has 0 heterocycles. The molecule has 2 aromatic rings. The van der Waals surface area contributed by atoms with E-state index in [4.69, 9.17) is 9.47 Å². The first kappa shape index (κ1) is 21.0. The Balaban J connectivity index is 1.90. The van der Waals surface area contributed by atoms with E-state index in [0.29, 0.717) is 30.3 Å². The Morgan fingerprint density at radius 3 is 2.40 bits per heavy atom. The molecule has 0 spiro atoms. The van der Waals surface area contributed by atoms with Crippen LogP contribution in [-0.4, -0.2) is 7.11 Å². The number of hydrogen-bond acceptors (Lipinski definition) is 2. The fraction of sp³-hybridized carbons (Fsp3) is 0.500. The molecule has 0 saturated heterocycles. The van der Waals surface area contributed by atoms with Crippen LogP contribution in [0.3, 0.4) is 0 Å². The third-order valence-electron chi connectivity index (χ3n) is 7.20. The first-order valence-corrected chi connectivity index (χ1v) is 11.5. The molecule has 2 heteroatoms. The van der Waals surface area contributed by atoms with E-state index in [0.717, 1.165) is 11.5 Å². The summed E-state index contributed by atoms with van der Waals surface area (Å²) in [6.07, 6.45) is 6.21. The van der Waals surface area contributed by atoms with E-state index in [2.05, 4.69) is 65.0 Å². The van der Waals surface area contributed by atoms with Gasteiger partial charge in [-0.2, -0.15) is 0 Å². The van der Waals surface area contributed by atoms with Crippen molar-refractivity contribution in [2.24, 2.45) is 5.92 Å². The zero-order valence-corrected chi connectivity index (χ0v) is 19.4. The molecular formula is C28H36O2. The Labute approximate surface area is 182 Å². The van der Waals surface area contributed by atoms with Crippen molar-refractivity contribution in [3.05, 3.63) is 69.8 Å². The molecule has 0 aromatic heterocycles. The molecule has 0 amide bonds. The van der Waals surface area contributed by atoms with Crippen molar-refractivity contribution in [2.75, 3.05) is 7.11 Å². The first-order chi connectivity index (χ1) is 14.4. The van der Waals surface area contributed by atoms with Crippen molar-refractivity contribution >= 4 is 0 Å². The van der Waals surface area contributed by atoms with Crippen molar-refractivity contribution in [1.29, 1.82) is 0 Å². The van der Waals surface area contributed by atoms with Gasteiger partial charge >= 0.3 is 0 Å². The van der Waals surface area contributed by atoms with Gasteiger partial charge in [-0.15, -0.1) is 0 Å². The highest BCUT2D eigenvalue weighted by atomic mass is 16.5. The third-order valence-corrected chi connectivity index (χ3v) is 7.20. The molecule has 2 aromatic carbocycles. The summed E-state index contributed by atoms with van der Waals surface area (Å²) in [6, 6.07) is 10.4. The van der Waals surface area contributed by atoms with E-state index in [-0.39, 0.29) is 0 Å². The monoisotopic (exact) mass is 404 g/mol. The summed E-state index contributed by atoms with van der Waals surface area (Å²) in [5, 5.41) is 0. The van der Waals surface area contributed by atoms with Gasteiger partial charge in [0.05, 0.1) is 7.11 Å². The van der Waals surface area contributed by atoms with Crippen molar-refractivity contribution in [3.63, 3.8) is 0 Å². The number of benzene rings is 2. The molecule has 1 unspecified atom stereocenters. The minimum absolute atomic E-state index is 0.470. The largest absolute Gasteiger partial charge is 0.493 e. The number of hydrogen-bond donors (Lipinski definition) is 0. The SMILES string of the molecule is COc1c(C)c2c3c(c1OCc1ccccc1)[C@@H](C)CCC3[C@@H](C)C[C@H]2C=C(C)C. The van der Waals surface area contributed by atoms with Gasteiger partial charge in [0.1, 0.15) is 6.61 Å². The van der Waals surface area contributed by atoms with Crippen LogP contribution in [-0.2, 0) is 6.61 Å². The predicted octanol–water partition coefficient (Wildman–Crippen LogP) is 7.65. The lowest BCUT2D eigenvalue weighted by molar-refractivity contribution is 0.267. The molecule has 4 rings (SSSR count). The molecule has 4 atom stereocenters. The zero-order valence-electron chi connectivity index (χ0n) is 19.4. The summed E-state index contributed by atoms with van der Waals surface area (Å²) < 4.78 is 12.6. The number of rotatable bonds is 5. The van der Waals surface area contributed by atoms with E-state index < -0.39 is 0 Å². The van der Waals surface area contributed by atoms with Crippen molar-refractivity contribution < 1.29 is 9.47 Å². The highest BCUT2D eigenvalue weighted by molar-refractivity contribution is 5.64. The highest BCUT2D eigenvalue weighted by Crippen LogP contribution is 2.58. The van der Waals surface area contributed by atoms with Crippen LogP contribution in [0, 0.1) is 12.8 Å². The Hall–Kier alpha value is -2.22. The molecule has 0 bridgehead atoms. The summed E-state index contributed by atoms with van der Waals surface area (Å²) in [5.74, 6) is 4.22. The van der Waals surface area contributed by atoms with Crippen LogP contribution in [0.4, 0.5) is 0 Å². The maximum absolute atomic E-state index is 6.55. The fourth-order valence-electron chi connectivity index (χ4n) is 5.89. The number of ether oxygens (including phenoxy) is 2. The number of allylic oxidation sites excluding steroid dienone is 2. The average molecular weight is 405 g/mol. The van der Waals surface area contributed by atoms with Gasteiger partial charge in [-0.3, -0.25) is 0 Å². The minimum atomic E-state index is 0.470. The van der Waals surface area contributed by atoms with E-state index in [1.165, 1.54) is 47.1 Å². The van der Waals surface area contributed by atoms with E-state index in [9.17, 15) is 0 Å². The van der Waals surface area contributed by atoms with Crippen molar-refractivity contribution in [2.45, 2.75) is 78.2 Å². The quantitative estimate of drug-likeness (QED) is 0.476. The van der Waals surface area contributed by atoms with Gasteiger partial charge in [0.2, 0.25) is 0 Å². The Bertz CT molecular complexity index is 937. The first-order valence-electron chi connectivity index (χ1n) is 11.5. The van der Waals surface area contributed by atoms with Gasteiger partial charge in [0, 0.05) is 11.5 Å². The third kappa shape index (κ3) is 3.66. The maximum Gasteiger partial charge on any atom is 0.165 e. The zero-order chi connectivity index (χ0) is 21.4. The van der Waals surface area contributed by atoms with Crippen LogP contribution in [0.1, 0.15) is 92.5 Å². The standard InChI is InChI=1S/C28H36O2/c1-17(2)14-22-15-19(4)23-13-12-18(3)24-26(23)25(22)20(5)27(29-6)28(24)30-16-21-10-8-7-9-11-21/h7-11,14,18-19,22-23H,12-13,15-16H2,1-6H3/t18-,19-,22+,23?/m0/s1. The summed E-state index contributed by atoms with van der Waals surface area (Å²) in [6.45, 7) is 12.1. The number of methoxy groups -OCH3 is 1. The lowest BCUT2D eigenvalue weighted by Crippen LogP contribution is -2.28. The molecule has 2 aliphatic carbocycles. The van der Waals surface area contributed by atoms with Gasteiger partial charge in [0.15, 0.2) is 11.5 Å². The summed E-state index contributed by atoms with van der Waals surface area (Å²) in [4.78, 5) is 0. The minimum Gasteiger partial charge on any atom is -0.493 e. The molecule has 0 N–H and O–H groups in total. The van der Waals surface area contributed by atoms with Crippen LogP contribution in [0.25, 0.3) is 0 Å². The normalized spacial score (nSPS) is 24.7. The van der Waals surface area contributed by atoms with Crippen molar-refractivity contribution in [3.8, 4) is 11.5 Å². The van der Waals surface area contributed by atoms with Crippen LogP contribution in [0.15, 0.2) is 42.0 Å². The average Bonchev–Trinajstić information content (AvgIpc) is 2.71. The highest BCUT2D eigenvalue weighted by Gasteiger charge is 2.41. The molecule has 2 nitrogen and oxygen atoms in total. The van der Waals surface area contributed by atoms with Gasteiger partial charge in [0.25, 0.3) is 0 Å². The van der Waals surface area contributed by atoms with E-state index >= 15 is 0 Å². The van der Waals surface area contributed by atoms with Gasteiger partial charge < -0.3 is 9.47 Å².